The third-order valence-corrected chi connectivity index (χ3v) is 12.5. The summed E-state index contributed by atoms with van der Waals surface area (Å²) < 4.78 is 16.8. The molecular formula is C55H106O6. The summed E-state index contributed by atoms with van der Waals surface area (Å²) in [4.78, 5) is 37.8. The predicted molar refractivity (Wildman–Crippen MR) is 261 cm³/mol. The van der Waals surface area contributed by atoms with Gasteiger partial charge in [-0.3, -0.25) is 14.4 Å². The molecule has 0 spiro atoms. The molecule has 0 amide bonds. The largest absolute Gasteiger partial charge is 0.462 e. The van der Waals surface area contributed by atoms with E-state index in [1.54, 1.807) is 0 Å². The first-order chi connectivity index (χ1) is 29.7. The lowest BCUT2D eigenvalue weighted by Crippen LogP contribution is -2.30. The molecule has 0 heterocycles. The van der Waals surface area contributed by atoms with Crippen LogP contribution in [0.5, 0.6) is 0 Å². The second kappa shape index (κ2) is 47.9. The third-order valence-electron chi connectivity index (χ3n) is 12.5. The van der Waals surface area contributed by atoms with Crippen LogP contribution >= 0.6 is 0 Å². The van der Waals surface area contributed by atoms with Crippen molar-refractivity contribution in [2.45, 2.75) is 310 Å². The van der Waals surface area contributed by atoms with Gasteiger partial charge in [-0.2, -0.15) is 0 Å². The molecule has 0 aliphatic heterocycles. The summed E-state index contributed by atoms with van der Waals surface area (Å²) in [5.41, 5.74) is 0. The van der Waals surface area contributed by atoms with Gasteiger partial charge in [-0.25, -0.2) is 0 Å². The van der Waals surface area contributed by atoms with Crippen LogP contribution in [0.3, 0.4) is 0 Å². The summed E-state index contributed by atoms with van der Waals surface area (Å²) in [5.74, 6) is 0.840. The van der Waals surface area contributed by atoms with Crippen LogP contribution in [0, 0.1) is 11.8 Å². The highest BCUT2D eigenvalue weighted by Gasteiger charge is 2.19. The van der Waals surface area contributed by atoms with Crippen LogP contribution in [-0.4, -0.2) is 37.2 Å². The van der Waals surface area contributed by atoms with E-state index in [4.69, 9.17) is 14.2 Å². The number of unbranched alkanes of at least 4 members (excludes halogenated alkanes) is 34. The second-order valence-corrected chi connectivity index (χ2v) is 19.8. The predicted octanol–water partition coefficient (Wildman–Crippen LogP) is 17.7. The van der Waals surface area contributed by atoms with Crippen molar-refractivity contribution in [2.24, 2.45) is 11.8 Å². The Morgan fingerprint density at radius 1 is 0.311 bits per heavy atom. The molecule has 362 valence electrons. The highest BCUT2D eigenvalue weighted by atomic mass is 16.6. The minimum absolute atomic E-state index is 0.0636. The van der Waals surface area contributed by atoms with E-state index in [0.29, 0.717) is 19.3 Å². The van der Waals surface area contributed by atoms with Crippen molar-refractivity contribution in [3.63, 3.8) is 0 Å². The Balaban J connectivity index is 4.13. The second-order valence-electron chi connectivity index (χ2n) is 19.8. The van der Waals surface area contributed by atoms with Crippen LogP contribution in [0.1, 0.15) is 304 Å². The first-order valence-electron chi connectivity index (χ1n) is 27.2. The monoisotopic (exact) mass is 863 g/mol. The highest BCUT2D eigenvalue weighted by molar-refractivity contribution is 5.71. The number of hydrogen-bond donors (Lipinski definition) is 0. The molecule has 0 saturated heterocycles. The average molecular weight is 863 g/mol. The van der Waals surface area contributed by atoms with Gasteiger partial charge in [0.15, 0.2) is 6.10 Å². The molecule has 0 aliphatic carbocycles. The van der Waals surface area contributed by atoms with Crippen molar-refractivity contribution < 1.29 is 28.6 Å². The van der Waals surface area contributed by atoms with Gasteiger partial charge in [0.2, 0.25) is 0 Å². The van der Waals surface area contributed by atoms with Crippen LogP contribution in [0.25, 0.3) is 0 Å². The van der Waals surface area contributed by atoms with Gasteiger partial charge in [0.25, 0.3) is 0 Å². The maximum atomic E-state index is 12.8. The third kappa shape index (κ3) is 49.3. The van der Waals surface area contributed by atoms with Gasteiger partial charge in [-0.05, 0) is 31.1 Å². The summed E-state index contributed by atoms with van der Waals surface area (Å²) in [5, 5.41) is 0. The smallest absolute Gasteiger partial charge is 0.306 e. The zero-order chi connectivity index (χ0) is 44.7. The highest BCUT2D eigenvalue weighted by Crippen LogP contribution is 2.18. The fraction of sp³-hybridized carbons (Fsp3) is 0.945. The minimum Gasteiger partial charge on any atom is -0.462 e. The standard InChI is InChI=1S/C55H106O6/c1-6-7-8-9-28-35-40-45-53(56)59-48-52(61-55(58)47-42-37-32-27-23-19-18-21-25-30-34-39-44-51(4)5)49-60-54(57)46-41-36-31-26-22-17-15-13-11-10-12-14-16-20-24-29-33-38-43-50(2)3/h50-52H,6-49H2,1-5H3/t52-/m0/s1. The molecule has 0 aromatic heterocycles. The molecule has 0 aromatic rings. The van der Waals surface area contributed by atoms with E-state index in [1.165, 1.54) is 193 Å². The molecule has 0 fully saturated rings. The zero-order valence-corrected chi connectivity index (χ0v) is 41.8. The lowest BCUT2D eigenvalue weighted by atomic mass is 10.0. The van der Waals surface area contributed by atoms with Crippen molar-refractivity contribution in [1.82, 2.24) is 0 Å². The molecule has 0 saturated carbocycles. The number of carbonyl (C=O) groups is 3. The normalized spacial score (nSPS) is 12.0. The summed E-state index contributed by atoms with van der Waals surface area (Å²) in [6.45, 7) is 11.4. The number of esters is 3. The molecule has 0 N–H and O–H groups in total. The van der Waals surface area contributed by atoms with Gasteiger partial charge in [0, 0.05) is 19.3 Å². The molecule has 0 aliphatic rings. The Morgan fingerprint density at radius 2 is 0.541 bits per heavy atom. The van der Waals surface area contributed by atoms with E-state index in [-0.39, 0.29) is 31.1 Å². The average Bonchev–Trinajstić information content (AvgIpc) is 3.23. The summed E-state index contributed by atoms with van der Waals surface area (Å²) >= 11 is 0. The van der Waals surface area contributed by atoms with Gasteiger partial charge < -0.3 is 14.2 Å². The molecule has 0 radical (unpaired) electrons. The fourth-order valence-electron chi connectivity index (χ4n) is 8.34. The molecular weight excluding hydrogens is 757 g/mol. The van der Waals surface area contributed by atoms with Crippen molar-refractivity contribution in [3.8, 4) is 0 Å². The summed E-state index contributed by atoms with van der Waals surface area (Å²) in [6.07, 6.45) is 49.7. The van der Waals surface area contributed by atoms with E-state index in [9.17, 15) is 14.4 Å². The van der Waals surface area contributed by atoms with E-state index in [2.05, 4.69) is 34.6 Å². The quantitative estimate of drug-likeness (QED) is 0.0344. The Bertz CT molecular complexity index is 931. The van der Waals surface area contributed by atoms with Gasteiger partial charge >= 0.3 is 17.9 Å². The van der Waals surface area contributed by atoms with Gasteiger partial charge in [0.1, 0.15) is 13.2 Å². The van der Waals surface area contributed by atoms with Crippen LogP contribution in [-0.2, 0) is 28.6 Å². The van der Waals surface area contributed by atoms with Crippen LogP contribution < -0.4 is 0 Å². The van der Waals surface area contributed by atoms with Crippen LogP contribution in [0.4, 0.5) is 0 Å². The molecule has 6 nitrogen and oxygen atoms in total. The van der Waals surface area contributed by atoms with Crippen molar-refractivity contribution >= 4 is 17.9 Å². The zero-order valence-electron chi connectivity index (χ0n) is 41.8. The van der Waals surface area contributed by atoms with Gasteiger partial charge in [0.05, 0.1) is 0 Å². The molecule has 0 bridgehead atoms. The SMILES string of the molecule is CCCCCCCCCC(=O)OC[C@@H](COC(=O)CCCCCCCCCCCCCCCCCCCCC(C)C)OC(=O)CCCCCCCCCCCCCCC(C)C. The Hall–Kier alpha value is -1.59. The van der Waals surface area contributed by atoms with Crippen molar-refractivity contribution in [2.75, 3.05) is 13.2 Å². The fourth-order valence-corrected chi connectivity index (χ4v) is 8.34. The lowest BCUT2D eigenvalue weighted by molar-refractivity contribution is -0.167. The minimum atomic E-state index is -0.760. The van der Waals surface area contributed by atoms with Gasteiger partial charge in [-0.1, -0.05) is 266 Å². The number of ether oxygens (including phenoxy) is 3. The Kier molecular flexibility index (Phi) is 46.6. The molecule has 1 atom stereocenters. The number of carbonyl (C=O) groups excluding carboxylic acids is 3. The number of rotatable bonds is 49. The molecule has 61 heavy (non-hydrogen) atoms. The van der Waals surface area contributed by atoms with Gasteiger partial charge in [-0.15, -0.1) is 0 Å². The van der Waals surface area contributed by atoms with Crippen molar-refractivity contribution in [3.05, 3.63) is 0 Å². The molecule has 6 heteroatoms. The first kappa shape index (κ1) is 59.4. The van der Waals surface area contributed by atoms with Crippen LogP contribution in [0.2, 0.25) is 0 Å². The van der Waals surface area contributed by atoms with E-state index in [0.717, 1.165) is 69.6 Å². The molecule has 0 aromatic carbocycles. The first-order valence-corrected chi connectivity index (χ1v) is 27.2. The number of hydrogen-bond acceptors (Lipinski definition) is 6. The van der Waals surface area contributed by atoms with E-state index >= 15 is 0 Å². The Labute approximate surface area is 380 Å². The maximum Gasteiger partial charge on any atom is 0.306 e. The van der Waals surface area contributed by atoms with E-state index < -0.39 is 6.10 Å². The molecule has 0 rings (SSSR count). The molecule has 0 unspecified atom stereocenters. The van der Waals surface area contributed by atoms with E-state index in [1.807, 2.05) is 0 Å². The maximum absolute atomic E-state index is 12.8. The summed E-state index contributed by atoms with van der Waals surface area (Å²) in [6, 6.07) is 0. The van der Waals surface area contributed by atoms with Crippen molar-refractivity contribution in [1.29, 1.82) is 0 Å². The topological polar surface area (TPSA) is 78.9 Å². The van der Waals surface area contributed by atoms with Crippen LogP contribution in [0.15, 0.2) is 0 Å². The Morgan fingerprint density at radius 3 is 0.803 bits per heavy atom. The summed E-state index contributed by atoms with van der Waals surface area (Å²) in [7, 11) is 0. The lowest BCUT2D eigenvalue weighted by Gasteiger charge is -2.18.